The molecule has 25 heavy (non-hydrogen) atoms. The minimum absolute atomic E-state index is 0.466. The van der Waals surface area contributed by atoms with Crippen LogP contribution in [0.25, 0.3) is 11.3 Å². The highest BCUT2D eigenvalue weighted by Gasteiger charge is 2.20. The van der Waals surface area contributed by atoms with E-state index in [4.69, 9.17) is 9.47 Å². The number of hydrogen-bond acceptors (Lipinski definition) is 7. The molecule has 0 spiro atoms. The second-order valence-corrected chi connectivity index (χ2v) is 5.88. The van der Waals surface area contributed by atoms with Crippen LogP contribution < -0.4 is 14.4 Å². The van der Waals surface area contributed by atoms with Crippen LogP contribution in [0.4, 0.5) is 5.82 Å². The van der Waals surface area contributed by atoms with E-state index in [9.17, 15) is 5.26 Å². The molecule has 132 valence electrons. The van der Waals surface area contributed by atoms with Gasteiger partial charge in [-0.2, -0.15) is 5.26 Å². The van der Waals surface area contributed by atoms with E-state index < -0.39 is 0 Å². The van der Waals surface area contributed by atoms with E-state index in [1.54, 1.807) is 14.2 Å². The summed E-state index contributed by atoms with van der Waals surface area (Å²) in [5, 5.41) is 10.4. The summed E-state index contributed by atoms with van der Waals surface area (Å²) in [6.45, 7) is 5.62. The summed E-state index contributed by atoms with van der Waals surface area (Å²) >= 11 is 1.45. The monoisotopic (exact) mass is 358 g/mol. The predicted molar refractivity (Wildman–Crippen MR) is 101 cm³/mol. The number of nitrogens with zero attached hydrogens (tertiary/aromatic N) is 4. The Morgan fingerprint density at radius 3 is 2.32 bits per heavy atom. The molecule has 0 fully saturated rings. The van der Waals surface area contributed by atoms with Crippen molar-refractivity contribution in [3.8, 4) is 28.8 Å². The third-order valence-electron chi connectivity index (χ3n) is 3.88. The quantitative estimate of drug-likeness (QED) is 0.553. The molecule has 0 aliphatic rings. The Kier molecular flexibility index (Phi) is 6.48. The van der Waals surface area contributed by atoms with Gasteiger partial charge in [0.15, 0.2) is 22.5 Å². The van der Waals surface area contributed by atoms with Crippen molar-refractivity contribution in [1.29, 1.82) is 5.26 Å². The molecule has 0 amide bonds. The van der Waals surface area contributed by atoms with Crippen molar-refractivity contribution in [3.05, 3.63) is 23.8 Å². The van der Waals surface area contributed by atoms with E-state index in [-0.39, 0.29) is 0 Å². The summed E-state index contributed by atoms with van der Waals surface area (Å²) < 4.78 is 10.7. The molecule has 0 N–H and O–H groups in total. The Morgan fingerprint density at radius 2 is 1.80 bits per heavy atom. The van der Waals surface area contributed by atoms with Gasteiger partial charge in [-0.1, -0.05) is 11.8 Å². The summed E-state index contributed by atoms with van der Waals surface area (Å²) in [6.07, 6.45) is 1.92. The van der Waals surface area contributed by atoms with Gasteiger partial charge >= 0.3 is 0 Å². The summed E-state index contributed by atoms with van der Waals surface area (Å²) in [4.78, 5) is 11.2. The second kappa shape index (κ2) is 8.58. The molecule has 0 aliphatic carbocycles. The number of ether oxygens (including phenoxy) is 2. The van der Waals surface area contributed by atoms with Crippen molar-refractivity contribution < 1.29 is 9.47 Å². The van der Waals surface area contributed by atoms with Crippen LogP contribution in [0.2, 0.25) is 0 Å². The summed E-state index contributed by atoms with van der Waals surface area (Å²) in [7, 11) is 3.18. The molecule has 0 aliphatic heterocycles. The zero-order valence-corrected chi connectivity index (χ0v) is 16.0. The van der Waals surface area contributed by atoms with Gasteiger partial charge in [-0.3, -0.25) is 0 Å². The highest BCUT2D eigenvalue weighted by molar-refractivity contribution is 7.98. The van der Waals surface area contributed by atoms with Crippen molar-refractivity contribution in [2.75, 3.05) is 38.5 Å². The van der Waals surface area contributed by atoms with Crippen LogP contribution in [-0.2, 0) is 0 Å². The Labute approximate surface area is 152 Å². The molecular weight excluding hydrogens is 336 g/mol. The number of hydrogen-bond donors (Lipinski definition) is 0. The van der Waals surface area contributed by atoms with Crippen LogP contribution in [0, 0.1) is 11.3 Å². The topological polar surface area (TPSA) is 71.3 Å². The molecule has 6 nitrogen and oxygen atoms in total. The highest BCUT2D eigenvalue weighted by Crippen LogP contribution is 2.35. The van der Waals surface area contributed by atoms with E-state index in [2.05, 4.69) is 20.9 Å². The van der Waals surface area contributed by atoms with Crippen molar-refractivity contribution in [2.24, 2.45) is 0 Å². The normalized spacial score (nSPS) is 10.2. The van der Waals surface area contributed by atoms with Crippen LogP contribution in [0.3, 0.4) is 0 Å². The first-order chi connectivity index (χ1) is 12.1. The number of thioether (sulfide) groups is 1. The lowest BCUT2D eigenvalue weighted by Gasteiger charge is -2.22. The van der Waals surface area contributed by atoms with Gasteiger partial charge in [0.05, 0.1) is 19.9 Å². The average molecular weight is 358 g/mol. The third kappa shape index (κ3) is 3.80. The molecule has 0 saturated heterocycles. The summed E-state index contributed by atoms with van der Waals surface area (Å²) in [6, 6.07) is 7.80. The fourth-order valence-corrected chi connectivity index (χ4v) is 2.93. The molecule has 0 saturated carbocycles. The van der Waals surface area contributed by atoms with E-state index in [0.29, 0.717) is 33.7 Å². The molecular formula is C18H22N4O2S. The van der Waals surface area contributed by atoms with Gasteiger partial charge in [0.2, 0.25) is 0 Å². The molecule has 0 bridgehead atoms. The van der Waals surface area contributed by atoms with Crippen LogP contribution >= 0.6 is 11.8 Å². The van der Waals surface area contributed by atoms with Crippen LogP contribution in [0.15, 0.2) is 23.4 Å². The van der Waals surface area contributed by atoms with Crippen LogP contribution in [0.5, 0.6) is 11.5 Å². The van der Waals surface area contributed by atoms with Gasteiger partial charge in [-0.15, -0.1) is 0 Å². The van der Waals surface area contributed by atoms with Crippen molar-refractivity contribution in [1.82, 2.24) is 9.97 Å². The Morgan fingerprint density at radius 1 is 1.12 bits per heavy atom. The predicted octanol–water partition coefficient (Wildman–Crippen LogP) is 3.60. The average Bonchev–Trinajstić information content (AvgIpc) is 2.67. The summed E-state index contributed by atoms with van der Waals surface area (Å²) in [5.74, 6) is 1.89. The number of aromatic nitrogens is 2. The molecule has 0 unspecified atom stereocenters. The lowest BCUT2D eigenvalue weighted by Crippen LogP contribution is -2.24. The maximum Gasteiger partial charge on any atom is 0.189 e. The van der Waals surface area contributed by atoms with Crippen molar-refractivity contribution >= 4 is 17.6 Å². The first kappa shape index (κ1) is 18.9. The molecule has 1 aromatic carbocycles. The number of nitriles is 1. The van der Waals surface area contributed by atoms with Crippen LogP contribution in [-0.4, -0.2) is 43.5 Å². The zero-order chi connectivity index (χ0) is 18.4. The molecule has 0 radical (unpaired) electrons. The first-order valence-electron chi connectivity index (χ1n) is 7.96. The van der Waals surface area contributed by atoms with Gasteiger partial charge in [-0.05, 0) is 38.3 Å². The summed E-state index contributed by atoms with van der Waals surface area (Å²) in [5.41, 5.74) is 1.86. The van der Waals surface area contributed by atoms with E-state index >= 15 is 0 Å². The third-order valence-corrected chi connectivity index (χ3v) is 4.43. The van der Waals surface area contributed by atoms with Gasteiger partial charge in [-0.25, -0.2) is 9.97 Å². The Hall–Kier alpha value is -2.46. The molecule has 0 atom stereocenters. The van der Waals surface area contributed by atoms with E-state index in [1.807, 2.05) is 38.3 Å². The number of anilines is 1. The lowest BCUT2D eigenvalue weighted by atomic mass is 10.1. The zero-order valence-electron chi connectivity index (χ0n) is 15.2. The van der Waals surface area contributed by atoms with E-state index in [0.717, 1.165) is 18.7 Å². The van der Waals surface area contributed by atoms with E-state index in [1.165, 1.54) is 11.8 Å². The van der Waals surface area contributed by atoms with Crippen molar-refractivity contribution in [2.45, 2.75) is 19.0 Å². The second-order valence-electron chi connectivity index (χ2n) is 5.11. The van der Waals surface area contributed by atoms with Crippen molar-refractivity contribution in [3.63, 3.8) is 0 Å². The SMILES string of the molecule is CCN(CC)c1nc(SC)nc(-c2ccc(OC)c(OC)c2)c1C#N. The van der Waals surface area contributed by atoms with Gasteiger partial charge < -0.3 is 14.4 Å². The van der Waals surface area contributed by atoms with Gasteiger partial charge in [0.25, 0.3) is 0 Å². The standard InChI is InChI=1S/C18H22N4O2S/c1-6-22(7-2)17-13(11-19)16(20-18(21-17)25-5)12-8-9-14(23-3)15(10-12)24-4/h8-10H,6-7H2,1-5H3. The van der Waals surface area contributed by atoms with Gasteiger partial charge in [0.1, 0.15) is 11.6 Å². The molecule has 1 heterocycles. The molecule has 2 rings (SSSR count). The first-order valence-corrected chi connectivity index (χ1v) is 9.19. The van der Waals surface area contributed by atoms with Gasteiger partial charge in [0, 0.05) is 18.7 Å². The minimum atomic E-state index is 0.466. The number of methoxy groups -OCH3 is 2. The smallest absolute Gasteiger partial charge is 0.189 e. The fraction of sp³-hybridized carbons (Fsp3) is 0.389. The largest absolute Gasteiger partial charge is 0.493 e. The highest BCUT2D eigenvalue weighted by atomic mass is 32.2. The Bertz CT molecular complexity index is 785. The number of benzene rings is 1. The molecule has 7 heteroatoms. The maximum atomic E-state index is 9.77. The maximum absolute atomic E-state index is 9.77. The molecule has 2 aromatic rings. The fourth-order valence-electron chi connectivity index (χ4n) is 2.57. The van der Waals surface area contributed by atoms with Crippen LogP contribution in [0.1, 0.15) is 19.4 Å². The Balaban J connectivity index is 2.72. The number of rotatable bonds is 7. The minimum Gasteiger partial charge on any atom is -0.493 e. The lowest BCUT2D eigenvalue weighted by molar-refractivity contribution is 0.355. The molecule has 1 aromatic heterocycles.